The Labute approximate surface area is 392 Å². The lowest BCUT2D eigenvalue weighted by atomic mass is 9.70. The van der Waals surface area contributed by atoms with E-state index in [1.54, 1.807) is 11.3 Å². The molecule has 1 spiro atoms. The largest absolute Gasteiger partial charge is 0.456 e. The van der Waals surface area contributed by atoms with Gasteiger partial charge in [0.25, 0.3) is 0 Å². The van der Waals surface area contributed by atoms with E-state index in [9.17, 15) is 0 Å². The van der Waals surface area contributed by atoms with Crippen molar-refractivity contribution in [3.8, 4) is 78.4 Å². The fourth-order valence-electron chi connectivity index (χ4n) is 10.9. The molecular formula is C60H33N5O2S. The van der Waals surface area contributed by atoms with Gasteiger partial charge in [-0.1, -0.05) is 140 Å². The quantitative estimate of drug-likeness (QED) is 0.170. The Kier molecular flexibility index (Phi) is 7.74. The molecule has 0 amide bonds. The van der Waals surface area contributed by atoms with Crippen molar-refractivity contribution < 1.29 is 8.83 Å². The third-order valence-electron chi connectivity index (χ3n) is 13.8. The fourth-order valence-corrected chi connectivity index (χ4v) is 11.9. The zero-order valence-electron chi connectivity index (χ0n) is 36.0. The Bertz CT molecular complexity index is 4040. The number of fused-ring (bicyclic) bond motifs is 15. The van der Waals surface area contributed by atoms with Crippen molar-refractivity contribution in [1.82, 2.24) is 24.9 Å². The molecule has 2 aliphatic rings. The molecule has 0 saturated carbocycles. The Hall–Kier alpha value is -8.85. The molecule has 4 aromatic heterocycles. The number of hydrogen-bond donors (Lipinski definition) is 0. The predicted molar refractivity (Wildman–Crippen MR) is 271 cm³/mol. The Balaban J connectivity index is 0.998. The highest BCUT2D eigenvalue weighted by Gasteiger charge is 2.51. The van der Waals surface area contributed by atoms with Gasteiger partial charge >= 0.3 is 0 Å². The second kappa shape index (κ2) is 14.1. The van der Waals surface area contributed by atoms with E-state index in [0.29, 0.717) is 28.9 Å². The number of furan rings is 1. The maximum absolute atomic E-state index is 6.43. The summed E-state index contributed by atoms with van der Waals surface area (Å²) in [5.74, 6) is 2.09. The lowest BCUT2D eigenvalue weighted by Crippen LogP contribution is -2.25. The Morgan fingerprint density at radius 3 is 1.68 bits per heavy atom. The van der Waals surface area contributed by atoms with E-state index >= 15 is 0 Å². The van der Waals surface area contributed by atoms with Gasteiger partial charge in [-0.3, -0.25) is 0 Å². The van der Waals surface area contributed by atoms with Gasteiger partial charge in [0.2, 0.25) is 5.89 Å². The molecule has 68 heavy (non-hydrogen) atoms. The summed E-state index contributed by atoms with van der Waals surface area (Å²) in [7, 11) is 0. The number of rotatable bonds is 5. The molecule has 8 heteroatoms. The van der Waals surface area contributed by atoms with Crippen LogP contribution in [0.4, 0.5) is 0 Å². The molecule has 0 bridgehead atoms. The molecule has 15 rings (SSSR count). The van der Waals surface area contributed by atoms with Gasteiger partial charge in [-0.05, 0) is 105 Å². The highest BCUT2D eigenvalue weighted by Crippen LogP contribution is 2.63. The first-order valence-corrected chi connectivity index (χ1v) is 23.5. The molecule has 316 valence electrons. The molecule has 4 heterocycles. The van der Waals surface area contributed by atoms with Crippen molar-refractivity contribution in [2.45, 2.75) is 5.41 Å². The van der Waals surface area contributed by atoms with Gasteiger partial charge in [0, 0.05) is 38.6 Å². The van der Waals surface area contributed by atoms with Crippen LogP contribution in [0.3, 0.4) is 0 Å². The fraction of sp³-hybridized carbons (Fsp3) is 0.0167. The van der Waals surface area contributed by atoms with E-state index in [-0.39, 0.29) is 0 Å². The van der Waals surface area contributed by atoms with Gasteiger partial charge in [0.1, 0.15) is 21.7 Å². The maximum Gasteiger partial charge on any atom is 0.227 e. The first-order valence-electron chi connectivity index (χ1n) is 22.6. The summed E-state index contributed by atoms with van der Waals surface area (Å²) in [6, 6.07) is 69.9. The third kappa shape index (κ3) is 5.31. The van der Waals surface area contributed by atoms with E-state index in [0.717, 1.165) is 70.5 Å². The summed E-state index contributed by atoms with van der Waals surface area (Å²) in [6.45, 7) is 0. The minimum absolute atomic E-state index is 0.500. The predicted octanol–water partition coefficient (Wildman–Crippen LogP) is 15.2. The molecular weight excluding hydrogens is 855 g/mol. The zero-order valence-corrected chi connectivity index (χ0v) is 36.8. The molecule has 0 N–H and O–H groups in total. The van der Waals surface area contributed by atoms with Gasteiger partial charge in [-0.15, -0.1) is 11.3 Å². The van der Waals surface area contributed by atoms with Gasteiger partial charge in [0.05, 0.1) is 15.6 Å². The number of oxazole rings is 1. The first-order chi connectivity index (χ1) is 33.7. The SMILES string of the molecule is c1ccc2c(c1)-c1ccccc1C21c2ccccc2-c2ccc(-c3nc(-c4cc(-c5nc6ccccc6o5)cc(-c5nc6ccccc6s5)c4)nc(-c4cccc5oc6ccccc6c45)n3)cc21. The first kappa shape index (κ1) is 37.4. The van der Waals surface area contributed by atoms with E-state index in [4.69, 9.17) is 33.8 Å². The minimum atomic E-state index is -0.533. The number of hydrogen-bond acceptors (Lipinski definition) is 8. The number of benzene rings is 9. The summed E-state index contributed by atoms with van der Waals surface area (Å²) in [5.41, 5.74) is 17.6. The van der Waals surface area contributed by atoms with Gasteiger partial charge in [-0.25, -0.2) is 24.9 Å². The van der Waals surface area contributed by atoms with Crippen LogP contribution in [0.5, 0.6) is 0 Å². The maximum atomic E-state index is 6.43. The second-order valence-corrected chi connectivity index (χ2v) is 18.5. The van der Waals surface area contributed by atoms with Crippen molar-refractivity contribution >= 4 is 54.6 Å². The van der Waals surface area contributed by atoms with Crippen LogP contribution in [0.15, 0.2) is 209 Å². The van der Waals surface area contributed by atoms with Crippen LogP contribution in [-0.4, -0.2) is 24.9 Å². The van der Waals surface area contributed by atoms with Crippen molar-refractivity contribution in [2.75, 3.05) is 0 Å². The average molecular weight is 888 g/mol. The number of nitrogens with zero attached hydrogens (tertiary/aromatic N) is 5. The number of para-hydroxylation sites is 4. The normalized spacial score (nSPS) is 13.1. The molecule has 0 atom stereocenters. The van der Waals surface area contributed by atoms with Crippen LogP contribution < -0.4 is 0 Å². The number of aromatic nitrogens is 5. The lowest BCUT2D eigenvalue weighted by molar-refractivity contribution is 0.620. The summed E-state index contributed by atoms with van der Waals surface area (Å²) < 4.78 is 14.0. The molecule has 0 unspecified atom stereocenters. The van der Waals surface area contributed by atoms with E-state index in [1.165, 1.54) is 44.5 Å². The van der Waals surface area contributed by atoms with E-state index in [2.05, 4.69) is 127 Å². The van der Waals surface area contributed by atoms with E-state index < -0.39 is 5.41 Å². The van der Waals surface area contributed by atoms with Crippen molar-refractivity contribution in [1.29, 1.82) is 0 Å². The van der Waals surface area contributed by atoms with Crippen molar-refractivity contribution in [3.63, 3.8) is 0 Å². The van der Waals surface area contributed by atoms with Crippen LogP contribution >= 0.6 is 11.3 Å². The topological polar surface area (TPSA) is 90.7 Å². The highest BCUT2D eigenvalue weighted by atomic mass is 32.1. The molecule has 0 radical (unpaired) electrons. The Morgan fingerprint density at radius 2 is 0.926 bits per heavy atom. The van der Waals surface area contributed by atoms with Crippen molar-refractivity contribution in [3.05, 3.63) is 222 Å². The van der Waals surface area contributed by atoms with Gasteiger partial charge < -0.3 is 8.83 Å². The smallest absolute Gasteiger partial charge is 0.227 e. The number of thiazole rings is 1. The van der Waals surface area contributed by atoms with Crippen molar-refractivity contribution in [2.24, 2.45) is 0 Å². The molecule has 13 aromatic rings. The molecule has 9 aromatic carbocycles. The summed E-state index contributed by atoms with van der Waals surface area (Å²) in [4.78, 5) is 26.3. The molecule has 0 fully saturated rings. The van der Waals surface area contributed by atoms with Gasteiger partial charge in [-0.2, -0.15) is 0 Å². The highest BCUT2D eigenvalue weighted by molar-refractivity contribution is 7.21. The monoisotopic (exact) mass is 887 g/mol. The molecule has 2 aliphatic carbocycles. The summed E-state index contributed by atoms with van der Waals surface area (Å²) in [6.07, 6.45) is 0. The van der Waals surface area contributed by atoms with Gasteiger partial charge in [0.15, 0.2) is 23.1 Å². The third-order valence-corrected chi connectivity index (χ3v) is 14.9. The summed E-state index contributed by atoms with van der Waals surface area (Å²) >= 11 is 1.65. The zero-order chi connectivity index (χ0) is 44.5. The standard InChI is InChI=1S/C60H33N5O2S/c1-5-19-44-38(14-1)39-15-2-6-20-45(39)60(44)46-21-7-3-16-40(46)41-29-28-34(33-47(41)60)55-63-56(65-57(64-55)43-18-13-26-52-54(43)42-17-4-10-24-50(42)66-52)35-30-36(58-61-48-22-8-11-25-51(48)67-58)32-37(31-35)59-62-49-23-9-12-27-53(49)68-59/h1-33H. The summed E-state index contributed by atoms with van der Waals surface area (Å²) in [5, 5.41) is 2.81. The van der Waals surface area contributed by atoms with Crippen LogP contribution in [-0.2, 0) is 5.41 Å². The lowest BCUT2D eigenvalue weighted by Gasteiger charge is -2.30. The molecule has 0 aliphatic heterocycles. The van der Waals surface area contributed by atoms with Crippen LogP contribution in [0.25, 0.3) is 122 Å². The van der Waals surface area contributed by atoms with Crippen LogP contribution in [0.1, 0.15) is 22.3 Å². The Morgan fingerprint density at radius 1 is 0.353 bits per heavy atom. The van der Waals surface area contributed by atoms with E-state index in [1.807, 2.05) is 72.8 Å². The average Bonchev–Trinajstić information content (AvgIpc) is 4.23. The molecule has 7 nitrogen and oxygen atoms in total. The molecule has 0 saturated heterocycles. The van der Waals surface area contributed by atoms with Crippen LogP contribution in [0.2, 0.25) is 0 Å². The second-order valence-electron chi connectivity index (χ2n) is 17.5. The minimum Gasteiger partial charge on any atom is -0.456 e. The van der Waals surface area contributed by atoms with Crippen LogP contribution in [0, 0.1) is 0 Å².